The molecule has 0 aliphatic rings. The van der Waals surface area contributed by atoms with Crippen molar-refractivity contribution in [1.82, 2.24) is 0 Å². The Hall–Kier alpha value is -1.59. The molecule has 0 aromatic heterocycles. The maximum Gasteiger partial charge on any atom is 0.306 e. The predicted octanol–water partition coefficient (Wildman–Crippen LogP) is 14.6. The molecule has 0 amide bonds. The molecule has 314 valence electrons. The zero-order chi connectivity index (χ0) is 39.0. The van der Waals surface area contributed by atoms with Crippen LogP contribution in [0.5, 0.6) is 0 Å². The molecule has 0 heterocycles. The van der Waals surface area contributed by atoms with E-state index in [0.717, 1.165) is 69.6 Å². The molecule has 1 unspecified atom stereocenters. The van der Waals surface area contributed by atoms with Gasteiger partial charge in [0.2, 0.25) is 0 Å². The number of esters is 3. The Bertz CT molecular complexity index is 811. The van der Waals surface area contributed by atoms with Gasteiger partial charge in [-0.3, -0.25) is 14.4 Å². The number of carbonyl (C=O) groups is 3. The van der Waals surface area contributed by atoms with Crippen molar-refractivity contribution >= 4 is 17.9 Å². The van der Waals surface area contributed by atoms with E-state index in [0.29, 0.717) is 19.3 Å². The van der Waals surface area contributed by atoms with Crippen LogP contribution in [-0.2, 0) is 28.6 Å². The lowest BCUT2D eigenvalue weighted by atomic mass is 9.99. The van der Waals surface area contributed by atoms with Crippen LogP contribution in [0.4, 0.5) is 0 Å². The summed E-state index contributed by atoms with van der Waals surface area (Å²) in [5.74, 6) is 0.817. The van der Waals surface area contributed by atoms with Crippen LogP contribution in [0.1, 0.15) is 253 Å². The molecule has 0 saturated heterocycles. The summed E-state index contributed by atoms with van der Waals surface area (Å²) in [6, 6.07) is 0. The van der Waals surface area contributed by atoms with Gasteiger partial charge in [0.05, 0.1) is 0 Å². The maximum atomic E-state index is 12.7. The maximum absolute atomic E-state index is 12.7. The summed E-state index contributed by atoms with van der Waals surface area (Å²) < 4.78 is 16.7. The van der Waals surface area contributed by atoms with Gasteiger partial charge in [-0.05, 0) is 31.1 Å². The average molecular weight is 751 g/mol. The van der Waals surface area contributed by atoms with E-state index in [1.54, 1.807) is 0 Å². The molecule has 0 saturated carbocycles. The number of hydrogen-bond donors (Lipinski definition) is 0. The first kappa shape index (κ1) is 51.4. The summed E-state index contributed by atoms with van der Waals surface area (Å²) in [5, 5.41) is 0. The van der Waals surface area contributed by atoms with Gasteiger partial charge >= 0.3 is 17.9 Å². The minimum absolute atomic E-state index is 0.0651. The molecule has 0 N–H and O–H groups in total. The van der Waals surface area contributed by atoms with Crippen molar-refractivity contribution < 1.29 is 28.6 Å². The molecule has 0 aromatic rings. The fourth-order valence-corrected chi connectivity index (χ4v) is 6.90. The SMILES string of the molecule is CCCCCCCCCCCC(=O)OC[C@@H](COC(=O)CCCCCCCCCCCC(C)C)OC(=O)CCCCCCCCCCCCC(C)CC. The van der Waals surface area contributed by atoms with Gasteiger partial charge in [0.1, 0.15) is 13.2 Å². The van der Waals surface area contributed by atoms with Crippen LogP contribution in [0.25, 0.3) is 0 Å². The standard InChI is InChI=1S/C47H90O6/c1-6-8-9-10-11-15-22-27-32-37-45(48)51-40-44(41-52-46(49)38-33-28-23-19-14-16-20-25-30-35-42(3)4)53-47(50)39-34-29-24-18-13-12-17-21-26-31-36-43(5)7-2/h42-44H,6-41H2,1-5H3/t43?,44-/m0/s1. The van der Waals surface area contributed by atoms with Crippen LogP contribution < -0.4 is 0 Å². The van der Waals surface area contributed by atoms with Crippen molar-refractivity contribution in [2.75, 3.05) is 13.2 Å². The first-order chi connectivity index (χ1) is 25.8. The lowest BCUT2D eigenvalue weighted by Crippen LogP contribution is -2.30. The summed E-state index contributed by atoms with van der Waals surface area (Å²) in [6.45, 7) is 11.3. The van der Waals surface area contributed by atoms with Crippen molar-refractivity contribution in [3.05, 3.63) is 0 Å². The highest BCUT2D eigenvalue weighted by atomic mass is 16.6. The number of hydrogen-bond acceptors (Lipinski definition) is 6. The van der Waals surface area contributed by atoms with Crippen LogP contribution in [0, 0.1) is 11.8 Å². The number of carbonyl (C=O) groups excluding carboxylic acids is 3. The van der Waals surface area contributed by atoms with E-state index in [9.17, 15) is 14.4 Å². The minimum Gasteiger partial charge on any atom is -0.462 e. The normalized spacial score (nSPS) is 12.6. The van der Waals surface area contributed by atoms with Crippen molar-refractivity contribution in [2.24, 2.45) is 11.8 Å². The van der Waals surface area contributed by atoms with Crippen LogP contribution in [0.3, 0.4) is 0 Å². The molecule has 0 radical (unpaired) electrons. The first-order valence-electron chi connectivity index (χ1n) is 23.3. The molecule has 6 nitrogen and oxygen atoms in total. The number of unbranched alkanes of at least 4 members (excludes halogenated alkanes) is 25. The average Bonchev–Trinajstić information content (AvgIpc) is 3.14. The molecular formula is C47H90O6. The molecule has 0 bridgehead atoms. The van der Waals surface area contributed by atoms with Gasteiger partial charge < -0.3 is 14.2 Å². The van der Waals surface area contributed by atoms with Gasteiger partial charge in [-0.25, -0.2) is 0 Å². The second kappa shape index (κ2) is 40.1. The summed E-state index contributed by atoms with van der Waals surface area (Å²) in [4.78, 5) is 37.7. The molecule has 0 aliphatic heterocycles. The van der Waals surface area contributed by atoms with Gasteiger partial charge in [-0.2, -0.15) is 0 Å². The van der Waals surface area contributed by atoms with Gasteiger partial charge in [0.25, 0.3) is 0 Å². The van der Waals surface area contributed by atoms with E-state index in [1.165, 1.54) is 141 Å². The molecule has 0 aromatic carbocycles. The smallest absolute Gasteiger partial charge is 0.306 e. The Morgan fingerprint density at radius 1 is 0.396 bits per heavy atom. The summed E-state index contributed by atoms with van der Waals surface area (Å²) >= 11 is 0. The van der Waals surface area contributed by atoms with E-state index < -0.39 is 6.10 Å². The second-order valence-electron chi connectivity index (χ2n) is 16.8. The van der Waals surface area contributed by atoms with Gasteiger partial charge in [0, 0.05) is 19.3 Å². The second-order valence-corrected chi connectivity index (χ2v) is 16.8. The Labute approximate surface area is 329 Å². The lowest BCUT2D eigenvalue weighted by Gasteiger charge is -2.18. The topological polar surface area (TPSA) is 78.9 Å². The number of rotatable bonds is 41. The predicted molar refractivity (Wildman–Crippen MR) is 224 cm³/mol. The van der Waals surface area contributed by atoms with E-state index >= 15 is 0 Å². The van der Waals surface area contributed by atoms with Crippen molar-refractivity contribution in [3.63, 3.8) is 0 Å². The minimum atomic E-state index is -0.760. The van der Waals surface area contributed by atoms with Crippen molar-refractivity contribution in [1.29, 1.82) is 0 Å². The van der Waals surface area contributed by atoms with E-state index in [4.69, 9.17) is 14.2 Å². The fraction of sp³-hybridized carbons (Fsp3) is 0.936. The molecule has 0 fully saturated rings. The highest BCUT2D eigenvalue weighted by Crippen LogP contribution is 2.17. The Morgan fingerprint density at radius 2 is 0.717 bits per heavy atom. The first-order valence-corrected chi connectivity index (χ1v) is 23.3. The summed E-state index contributed by atoms with van der Waals surface area (Å²) in [5.41, 5.74) is 0. The Kier molecular flexibility index (Phi) is 38.9. The van der Waals surface area contributed by atoms with Crippen LogP contribution in [-0.4, -0.2) is 37.2 Å². The van der Waals surface area contributed by atoms with Crippen LogP contribution in [0.15, 0.2) is 0 Å². The van der Waals surface area contributed by atoms with Gasteiger partial charge in [0.15, 0.2) is 6.10 Å². The molecule has 6 heteroatoms. The number of ether oxygens (including phenoxy) is 3. The lowest BCUT2D eigenvalue weighted by molar-refractivity contribution is -0.167. The Morgan fingerprint density at radius 3 is 1.08 bits per heavy atom. The fourth-order valence-electron chi connectivity index (χ4n) is 6.90. The molecule has 53 heavy (non-hydrogen) atoms. The van der Waals surface area contributed by atoms with Crippen LogP contribution >= 0.6 is 0 Å². The van der Waals surface area contributed by atoms with E-state index in [-0.39, 0.29) is 31.1 Å². The third-order valence-electron chi connectivity index (χ3n) is 10.8. The van der Waals surface area contributed by atoms with E-state index in [1.807, 2.05) is 0 Å². The highest BCUT2D eigenvalue weighted by molar-refractivity contribution is 5.71. The monoisotopic (exact) mass is 751 g/mol. The third-order valence-corrected chi connectivity index (χ3v) is 10.8. The van der Waals surface area contributed by atoms with Crippen molar-refractivity contribution in [3.8, 4) is 0 Å². The van der Waals surface area contributed by atoms with Gasteiger partial charge in [-0.1, -0.05) is 214 Å². The molecule has 2 atom stereocenters. The zero-order valence-corrected chi connectivity index (χ0v) is 36.1. The molecule has 0 spiro atoms. The molecular weight excluding hydrogens is 661 g/mol. The largest absolute Gasteiger partial charge is 0.462 e. The zero-order valence-electron chi connectivity index (χ0n) is 36.1. The third kappa shape index (κ3) is 39.9. The van der Waals surface area contributed by atoms with E-state index in [2.05, 4.69) is 34.6 Å². The highest BCUT2D eigenvalue weighted by Gasteiger charge is 2.19. The summed E-state index contributed by atoms with van der Waals surface area (Å²) in [7, 11) is 0. The van der Waals surface area contributed by atoms with Crippen LogP contribution in [0.2, 0.25) is 0 Å². The Balaban J connectivity index is 4.33. The molecule has 0 rings (SSSR count). The van der Waals surface area contributed by atoms with Crippen molar-refractivity contribution in [2.45, 2.75) is 259 Å². The summed E-state index contributed by atoms with van der Waals surface area (Å²) in [6.07, 6.45) is 38.0. The molecule has 0 aliphatic carbocycles. The van der Waals surface area contributed by atoms with Gasteiger partial charge in [-0.15, -0.1) is 0 Å². The quantitative estimate of drug-likeness (QED) is 0.0352.